The minimum absolute atomic E-state index is 0.0682. The van der Waals surface area contributed by atoms with Gasteiger partial charge in [-0.15, -0.1) is 0 Å². The molecule has 0 aliphatic carbocycles. The van der Waals surface area contributed by atoms with Gasteiger partial charge in [0.25, 0.3) is 5.91 Å². The number of halogens is 1. The fourth-order valence-corrected chi connectivity index (χ4v) is 5.12. The van der Waals surface area contributed by atoms with E-state index < -0.39 is 12.1 Å². The minimum atomic E-state index is -0.755. The van der Waals surface area contributed by atoms with Crippen LogP contribution in [0.2, 0.25) is 5.02 Å². The molecule has 8 nitrogen and oxygen atoms in total. The number of unbranched alkanes of at least 4 members (excludes halogenated alkanes) is 5. The summed E-state index contributed by atoms with van der Waals surface area (Å²) in [7, 11) is 0. The van der Waals surface area contributed by atoms with Crippen LogP contribution in [0.4, 0.5) is 21.9 Å². The molecular weight excluding hydrogens is 588 g/mol. The van der Waals surface area contributed by atoms with Crippen molar-refractivity contribution in [3.63, 3.8) is 0 Å². The summed E-state index contributed by atoms with van der Waals surface area (Å²) in [4.78, 5) is 26.0. The van der Waals surface area contributed by atoms with E-state index in [0.717, 1.165) is 62.7 Å². The number of anilines is 3. The standard InChI is InChI=1S/C36H45ClN4O4/c1-4-7-10-12-25-17-20-33(27(21-25)13-11-8-5-2)45-34(14-9-6-3)35(43)40-30-23-32(42)31(22-29(30)37)41-36(44)39-28-18-15-26(24-38)16-19-28/h15-23,34,42H,4-14H2,1-3H3,(H,40,43)(H2,39,41,44). The van der Waals surface area contributed by atoms with Crippen LogP contribution in [0.3, 0.4) is 0 Å². The number of nitriles is 1. The molecule has 0 heterocycles. The lowest BCUT2D eigenvalue weighted by Gasteiger charge is -2.22. The molecule has 0 aromatic heterocycles. The van der Waals surface area contributed by atoms with Gasteiger partial charge in [0.05, 0.1) is 28.0 Å². The molecule has 4 N–H and O–H groups in total. The second-order valence-corrected chi connectivity index (χ2v) is 11.6. The number of benzene rings is 3. The number of aryl methyl sites for hydroxylation is 2. The summed E-state index contributed by atoms with van der Waals surface area (Å²) < 4.78 is 6.41. The molecule has 0 bridgehead atoms. The number of carbonyl (C=O) groups excluding carboxylic acids is 2. The van der Waals surface area contributed by atoms with E-state index in [0.29, 0.717) is 17.7 Å². The Hall–Kier alpha value is -4.22. The maximum Gasteiger partial charge on any atom is 0.323 e. The molecule has 0 radical (unpaired) electrons. The van der Waals surface area contributed by atoms with Crippen molar-refractivity contribution < 1.29 is 19.4 Å². The van der Waals surface area contributed by atoms with Gasteiger partial charge in [-0.25, -0.2) is 4.79 Å². The Bertz CT molecular complexity index is 1450. The van der Waals surface area contributed by atoms with Crippen molar-refractivity contribution in [3.8, 4) is 17.6 Å². The number of carbonyl (C=O) groups is 2. The third kappa shape index (κ3) is 11.3. The van der Waals surface area contributed by atoms with E-state index in [-0.39, 0.29) is 28.1 Å². The van der Waals surface area contributed by atoms with Crippen molar-refractivity contribution in [2.24, 2.45) is 0 Å². The predicted octanol–water partition coefficient (Wildman–Crippen LogP) is 9.60. The molecule has 0 fully saturated rings. The van der Waals surface area contributed by atoms with E-state index in [4.69, 9.17) is 21.6 Å². The monoisotopic (exact) mass is 632 g/mol. The van der Waals surface area contributed by atoms with Crippen LogP contribution in [0.5, 0.6) is 11.5 Å². The van der Waals surface area contributed by atoms with Crippen LogP contribution >= 0.6 is 11.6 Å². The first-order chi connectivity index (χ1) is 21.8. The number of amides is 3. The maximum absolute atomic E-state index is 13.5. The SMILES string of the molecule is CCCCCc1ccc(OC(CCCC)C(=O)Nc2cc(O)c(NC(=O)Nc3ccc(C#N)cc3)cc2Cl)c(CCCCC)c1. The van der Waals surface area contributed by atoms with E-state index in [2.05, 4.69) is 48.9 Å². The van der Waals surface area contributed by atoms with E-state index >= 15 is 0 Å². The quantitative estimate of drug-likeness (QED) is 0.0871. The van der Waals surface area contributed by atoms with Crippen molar-refractivity contribution >= 4 is 40.6 Å². The van der Waals surface area contributed by atoms with E-state index in [1.54, 1.807) is 24.3 Å². The summed E-state index contributed by atoms with van der Waals surface area (Å²) in [6, 6.07) is 16.8. The topological polar surface area (TPSA) is 123 Å². The van der Waals surface area contributed by atoms with Gasteiger partial charge in [0, 0.05) is 11.8 Å². The van der Waals surface area contributed by atoms with Crippen LogP contribution in [-0.4, -0.2) is 23.1 Å². The lowest BCUT2D eigenvalue weighted by atomic mass is 10.00. The molecule has 0 aliphatic rings. The van der Waals surface area contributed by atoms with Gasteiger partial charge in [0.1, 0.15) is 11.5 Å². The van der Waals surface area contributed by atoms with Crippen LogP contribution in [0.25, 0.3) is 0 Å². The van der Waals surface area contributed by atoms with Crippen molar-refractivity contribution in [2.75, 3.05) is 16.0 Å². The van der Waals surface area contributed by atoms with Gasteiger partial charge in [-0.05, 0) is 86.1 Å². The van der Waals surface area contributed by atoms with Crippen molar-refractivity contribution in [2.45, 2.75) is 97.5 Å². The molecule has 0 saturated carbocycles. The number of hydrogen-bond donors (Lipinski definition) is 4. The highest BCUT2D eigenvalue weighted by Crippen LogP contribution is 2.34. The van der Waals surface area contributed by atoms with E-state index in [9.17, 15) is 14.7 Å². The smallest absolute Gasteiger partial charge is 0.323 e. The Morgan fingerprint density at radius 1 is 0.844 bits per heavy atom. The summed E-state index contributed by atoms with van der Waals surface area (Å²) in [6.07, 6.45) is 10.2. The first-order valence-electron chi connectivity index (χ1n) is 16.0. The zero-order valence-corrected chi connectivity index (χ0v) is 27.3. The number of nitrogens with one attached hydrogen (secondary N) is 3. The van der Waals surface area contributed by atoms with Crippen molar-refractivity contribution in [3.05, 3.63) is 76.3 Å². The third-order valence-electron chi connectivity index (χ3n) is 7.49. The summed E-state index contributed by atoms with van der Waals surface area (Å²) in [5.41, 5.74) is 3.62. The fraction of sp³-hybridized carbons (Fsp3) is 0.417. The van der Waals surface area contributed by atoms with Gasteiger partial charge in [-0.3, -0.25) is 4.79 Å². The number of ether oxygens (including phenoxy) is 1. The lowest BCUT2D eigenvalue weighted by Crippen LogP contribution is -2.33. The molecule has 0 spiro atoms. The Morgan fingerprint density at radius 3 is 2.20 bits per heavy atom. The molecule has 3 amide bonds. The van der Waals surface area contributed by atoms with Gasteiger partial charge < -0.3 is 25.8 Å². The van der Waals surface area contributed by atoms with Crippen LogP contribution in [-0.2, 0) is 17.6 Å². The Labute approximate surface area is 272 Å². The highest BCUT2D eigenvalue weighted by atomic mass is 35.5. The molecule has 45 heavy (non-hydrogen) atoms. The summed E-state index contributed by atoms with van der Waals surface area (Å²) in [6.45, 7) is 6.45. The number of nitrogens with zero attached hydrogens (tertiary/aromatic N) is 1. The zero-order chi connectivity index (χ0) is 32.6. The molecule has 9 heteroatoms. The average molecular weight is 633 g/mol. The molecule has 3 rings (SSSR count). The zero-order valence-electron chi connectivity index (χ0n) is 26.5. The normalized spacial score (nSPS) is 11.4. The number of phenolic OH excluding ortho intramolecular Hbond substituents is 1. The number of rotatable bonds is 17. The van der Waals surface area contributed by atoms with Crippen LogP contribution < -0.4 is 20.7 Å². The van der Waals surface area contributed by atoms with Crippen LogP contribution in [0.1, 0.15) is 95.2 Å². The number of hydrogen-bond acceptors (Lipinski definition) is 5. The predicted molar refractivity (Wildman–Crippen MR) is 182 cm³/mol. The molecule has 240 valence electrons. The number of aromatic hydroxyl groups is 1. The largest absolute Gasteiger partial charge is 0.506 e. The Kier molecular flexibility index (Phi) is 14.5. The minimum Gasteiger partial charge on any atom is -0.506 e. The molecule has 3 aromatic carbocycles. The van der Waals surface area contributed by atoms with Gasteiger partial charge in [-0.2, -0.15) is 5.26 Å². The van der Waals surface area contributed by atoms with Gasteiger partial charge in [-0.1, -0.05) is 76.6 Å². The highest BCUT2D eigenvalue weighted by Gasteiger charge is 2.23. The van der Waals surface area contributed by atoms with Crippen LogP contribution in [0, 0.1) is 11.3 Å². The Morgan fingerprint density at radius 2 is 1.53 bits per heavy atom. The summed E-state index contributed by atoms with van der Waals surface area (Å²) in [5, 5.41) is 27.7. The molecule has 0 aliphatic heterocycles. The molecule has 3 aromatic rings. The molecule has 0 saturated heterocycles. The molecular formula is C36H45ClN4O4. The van der Waals surface area contributed by atoms with Gasteiger partial charge in [0.15, 0.2) is 6.10 Å². The third-order valence-corrected chi connectivity index (χ3v) is 7.80. The van der Waals surface area contributed by atoms with Crippen LogP contribution in [0.15, 0.2) is 54.6 Å². The van der Waals surface area contributed by atoms with Gasteiger partial charge >= 0.3 is 6.03 Å². The highest BCUT2D eigenvalue weighted by molar-refractivity contribution is 6.34. The fourth-order valence-electron chi connectivity index (χ4n) is 4.91. The van der Waals surface area contributed by atoms with E-state index in [1.165, 1.54) is 30.5 Å². The second-order valence-electron chi connectivity index (χ2n) is 11.2. The summed E-state index contributed by atoms with van der Waals surface area (Å²) >= 11 is 6.49. The first-order valence-corrected chi connectivity index (χ1v) is 16.4. The first kappa shape index (κ1) is 35.3. The van der Waals surface area contributed by atoms with Crippen molar-refractivity contribution in [1.29, 1.82) is 5.26 Å². The van der Waals surface area contributed by atoms with Crippen molar-refractivity contribution in [1.82, 2.24) is 0 Å². The van der Waals surface area contributed by atoms with E-state index in [1.807, 2.05) is 12.1 Å². The average Bonchev–Trinajstić information content (AvgIpc) is 3.03. The second kappa shape index (κ2) is 18.6. The molecule has 1 atom stereocenters. The van der Waals surface area contributed by atoms with Gasteiger partial charge in [0.2, 0.25) is 0 Å². The molecule has 1 unspecified atom stereocenters. The summed E-state index contributed by atoms with van der Waals surface area (Å²) in [5.74, 6) is 0.0893. The number of phenols is 1. The Balaban J connectivity index is 1.73. The number of urea groups is 1. The lowest BCUT2D eigenvalue weighted by molar-refractivity contribution is -0.123. The maximum atomic E-state index is 13.5.